The van der Waals surface area contributed by atoms with Gasteiger partial charge in [-0.25, -0.2) is 24.5 Å². The van der Waals surface area contributed by atoms with Crippen molar-refractivity contribution in [2.45, 2.75) is 33.7 Å². The van der Waals surface area contributed by atoms with Crippen LogP contribution in [0.25, 0.3) is 33.3 Å². The van der Waals surface area contributed by atoms with Crippen molar-refractivity contribution < 1.29 is 19.8 Å². The van der Waals surface area contributed by atoms with E-state index in [0.29, 0.717) is 28.7 Å². The van der Waals surface area contributed by atoms with Crippen LogP contribution in [0.15, 0.2) is 54.6 Å². The molecule has 0 aliphatic heterocycles. The molecule has 0 radical (unpaired) electrons. The van der Waals surface area contributed by atoms with Crippen LogP contribution in [-0.4, -0.2) is 41.7 Å². The Balaban J connectivity index is 1.65. The Morgan fingerprint density at radius 1 is 0.889 bits per heavy atom. The molecule has 0 saturated heterocycles. The molecule has 0 amide bonds. The fourth-order valence-corrected chi connectivity index (χ4v) is 4.65. The van der Waals surface area contributed by atoms with Gasteiger partial charge in [0.1, 0.15) is 11.3 Å². The number of nitrogens with zero attached hydrogens (tertiary/aromatic N) is 4. The van der Waals surface area contributed by atoms with Gasteiger partial charge in [0.05, 0.1) is 28.9 Å². The summed E-state index contributed by atoms with van der Waals surface area (Å²) in [6, 6.07) is 15.4. The number of rotatable bonds is 6. The Kier molecular flexibility index (Phi) is 5.72. The first kappa shape index (κ1) is 23.2. The number of carboxylic acid groups (broad SMARTS) is 2. The minimum absolute atomic E-state index is 0.0630. The number of aromatic carboxylic acids is 2. The third kappa shape index (κ3) is 3.96. The lowest BCUT2D eigenvalue weighted by molar-refractivity contribution is 0.0688. The molecule has 180 valence electrons. The van der Waals surface area contributed by atoms with Gasteiger partial charge in [-0.3, -0.25) is 0 Å². The van der Waals surface area contributed by atoms with Gasteiger partial charge in [-0.1, -0.05) is 31.2 Å². The number of hydrogen-bond acceptors (Lipinski definition) is 5. The number of aryl methyl sites for hydroxylation is 3. The van der Waals surface area contributed by atoms with Crippen LogP contribution in [0, 0.1) is 13.8 Å². The van der Waals surface area contributed by atoms with Crippen molar-refractivity contribution in [3.05, 3.63) is 88.4 Å². The van der Waals surface area contributed by atoms with Crippen LogP contribution < -0.4 is 0 Å². The molecule has 8 heteroatoms. The molecule has 2 N–H and O–H groups in total. The van der Waals surface area contributed by atoms with Crippen molar-refractivity contribution in [1.82, 2.24) is 19.5 Å². The molecular weight excluding hydrogens is 456 g/mol. The van der Waals surface area contributed by atoms with E-state index in [1.165, 1.54) is 12.1 Å². The standard InChI is InChI=1S/C28H24N4O4/c1-4-24-31-25-15(2)11-16(3)29-26(25)32(24)14-17-9-10-22-20(12-17)21(28(35)36)13-23(30-22)18-7-5-6-8-19(18)27(33)34/h5-13H,4,14H2,1-3H3,(H,33,34)(H,35,36). The van der Waals surface area contributed by atoms with E-state index in [-0.39, 0.29) is 11.1 Å². The second-order valence-electron chi connectivity index (χ2n) is 8.78. The summed E-state index contributed by atoms with van der Waals surface area (Å²) < 4.78 is 2.07. The lowest BCUT2D eigenvalue weighted by Crippen LogP contribution is -2.07. The smallest absolute Gasteiger partial charge is 0.336 e. The number of carboxylic acids is 2. The number of hydrogen-bond donors (Lipinski definition) is 2. The van der Waals surface area contributed by atoms with Crippen molar-refractivity contribution in [3.63, 3.8) is 0 Å². The molecule has 0 fully saturated rings. The van der Waals surface area contributed by atoms with Crippen molar-refractivity contribution >= 4 is 34.0 Å². The Labute approximate surface area is 206 Å². The number of benzene rings is 2. The molecule has 0 aliphatic rings. The maximum absolute atomic E-state index is 12.2. The number of imidazole rings is 1. The predicted molar refractivity (Wildman–Crippen MR) is 137 cm³/mol. The van der Waals surface area contributed by atoms with Gasteiger partial charge in [-0.15, -0.1) is 0 Å². The van der Waals surface area contributed by atoms with Crippen LogP contribution in [0.3, 0.4) is 0 Å². The number of carbonyl (C=O) groups is 2. The highest BCUT2D eigenvalue weighted by molar-refractivity contribution is 6.05. The monoisotopic (exact) mass is 480 g/mol. The van der Waals surface area contributed by atoms with Gasteiger partial charge in [0.25, 0.3) is 0 Å². The molecule has 8 nitrogen and oxygen atoms in total. The summed E-state index contributed by atoms with van der Waals surface area (Å²) in [4.78, 5) is 38.1. The highest BCUT2D eigenvalue weighted by Crippen LogP contribution is 2.29. The first-order valence-electron chi connectivity index (χ1n) is 11.6. The number of aromatic nitrogens is 4. The molecule has 0 atom stereocenters. The van der Waals surface area contributed by atoms with E-state index in [9.17, 15) is 19.8 Å². The average Bonchev–Trinajstić information content (AvgIpc) is 3.20. The quantitative estimate of drug-likeness (QED) is 0.340. The Morgan fingerprint density at radius 2 is 1.64 bits per heavy atom. The third-order valence-corrected chi connectivity index (χ3v) is 6.29. The zero-order valence-electron chi connectivity index (χ0n) is 20.1. The molecule has 0 bridgehead atoms. The van der Waals surface area contributed by atoms with E-state index < -0.39 is 11.9 Å². The van der Waals surface area contributed by atoms with Crippen molar-refractivity contribution in [1.29, 1.82) is 0 Å². The van der Waals surface area contributed by atoms with Gasteiger partial charge in [0.15, 0.2) is 5.65 Å². The average molecular weight is 481 g/mol. The molecule has 2 aromatic carbocycles. The molecule has 5 rings (SSSR count). The van der Waals surface area contributed by atoms with Crippen LogP contribution in [0.5, 0.6) is 0 Å². The zero-order chi connectivity index (χ0) is 25.6. The Morgan fingerprint density at radius 3 is 2.36 bits per heavy atom. The van der Waals surface area contributed by atoms with Gasteiger partial charge in [0.2, 0.25) is 0 Å². The highest BCUT2D eigenvalue weighted by atomic mass is 16.4. The summed E-state index contributed by atoms with van der Waals surface area (Å²) in [7, 11) is 0. The van der Waals surface area contributed by atoms with Gasteiger partial charge in [-0.2, -0.15) is 0 Å². The van der Waals surface area contributed by atoms with Gasteiger partial charge in [0, 0.05) is 23.1 Å². The summed E-state index contributed by atoms with van der Waals surface area (Å²) in [6.45, 7) is 6.50. The second kappa shape index (κ2) is 8.88. The molecule has 36 heavy (non-hydrogen) atoms. The highest BCUT2D eigenvalue weighted by Gasteiger charge is 2.19. The van der Waals surface area contributed by atoms with E-state index in [1.54, 1.807) is 24.3 Å². The zero-order valence-corrected chi connectivity index (χ0v) is 20.1. The van der Waals surface area contributed by atoms with Gasteiger partial charge in [-0.05, 0) is 55.3 Å². The topological polar surface area (TPSA) is 118 Å². The lowest BCUT2D eigenvalue weighted by Gasteiger charge is -2.12. The van der Waals surface area contributed by atoms with E-state index in [2.05, 4.69) is 9.55 Å². The first-order valence-corrected chi connectivity index (χ1v) is 11.6. The maximum Gasteiger partial charge on any atom is 0.336 e. The van der Waals surface area contributed by atoms with Crippen LogP contribution in [0.1, 0.15) is 50.3 Å². The summed E-state index contributed by atoms with van der Waals surface area (Å²) in [6.07, 6.45) is 0.733. The van der Waals surface area contributed by atoms with Crippen LogP contribution in [0.4, 0.5) is 0 Å². The molecule has 3 aromatic heterocycles. The maximum atomic E-state index is 12.2. The largest absolute Gasteiger partial charge is 0.478 e. The molecule has 0 aliphatic carbocycles. The molecule has 0 saturated carbocycles. The first-order chi connectivity index (χ1) is 17.3. The summed E-state index contributed by atoms with van der Waals surface area (Å²) in [5.41, 5.74) is 5.81. The predicted octanol–water partition coefficient (Wildman–Crippen LogP) is 5.27. The Bertz CT molecular complexity index is 1690. The van der Waals surface area contributed by atoms with Crippen molar-refractivity contribution in [2.75, 3.05) is 0 Å². The van der Waals surface area contributed by atoms with E-state index in [1.807, 2.05) is 39.0 Å². The molecule has 0 unspecified atom stereocenters. The van der Waals surface area contributed by atoms with Crippen LogP contribution in [0.2, 0.25) is 0 Å². The minimum Gasteiger partial charge on any atom is -0.478 e. The van der Waals surface area contributed by atoms with E-state index >= 15 is 0 Å². The van der Waals surface area contributed by atoms with E-state index in [0.717, 1.165) is 40.2 Å². The minimum atomic E-state index is -1.11. The summed E-state index contributed by atoms with van der Waals surface area (Å²) >= 11 is 0. The fraction of sp³-hybridized carbons (Fsp3) is 0.179. The molecule has 0 spiro atoms. The third-order valence-electron chi connectivity index (χ3n) is 6.29. The number of pyridine rings is 2. The normalized spacial score (nSPS) is 11.3. The summed E-state index contributed by atoms with van der Waals surface area (Å²) in [5.74, 6) is -1.30. The SMILES string of the molecule is CCc1nc2c(C)cc(C)nc2n1Cc1ccc2nc(-c3ccccc3C(=O)O)cc(C(=O)O)c2c1. The van der Waals surface area contributed by atoms with Crippen LogP contribution >= 0.6 is 0 Å². The lowest BCUT2D eigenvalue weighted by atomic mass is 9.99. The molecular formula is C28H24N4O4. The Hall–Kier alpha value is -4.59. The second-order valence-corrected chi connectivity index (χ2v) is 8.78. The molecule has 5 aromatic rings. The van der Waals surface area contributed by atoms with Gasteiger partial charge >= 0.3 is 11.9 Å². The number of fused-ring (bicyclic) bond motifs is 2. The van der Waals surface area contributed by atoms with Crippen molar-refractivity contribution in [2.24, 2.45) is 0 Å². The molecule has 3 heterocycles. The van der Waals surface area contributed by atoms with Crippen molar-refractivity contribution in [3.8, 4) is 11.3 Å². The van der Waals surface area contributed by atoms with Crippen LogP contribution in [-0.2, 0) is 13.0 Å². The van der Waals surface area contributed by atoms with Gasteiger partial charge < -0.3 is 14.8 Å². The van der Waals surface area contributed by atoms with E-state index in [4.69, 9.17) is 9.97 Å². The summed E-state index contributed by atoms with van der Waals surface area (Å²) in [5, 5.41) is 20.1. The fourth-order valence-electron chi connectivity index (χ4n) is 4.65.